The lowest BCUT2D eigenvalue weighted by molar-refractivity contribution is 0.552. The van der Waals surface area contributed by atoms with Crippen LogP contribution in [0.2, 0.25) is 0 Å². The number of nitrogens with zero attached hydrogens (tertiary/aromatic N) is 2. The molecule has 0 spiro atoms. The molecule has 0 bridgehead atoms. The lowest BCUT2D eigenvalue weighted by Crippen LogP contribution is -1.77. The summed E-state index contributed by atoms with van der Waals surface area (Å²) in [6.45, 7) is 5.25. The monoisotopic (exact) mass is 238 g/mol. The van der Waals surface area contributed by atoms with Gasteiger partial charge in [0.25, 0.3) is 4.84 Å². The van der Waals surface area contributed by atoms with Gasteiger partial charge in [0.1, 0.15) is 0 Å². The number of aromatic amines is 1. The Morgan fingerprint density at radius 2 is 2.25 bits per heavy atom. The van der Waals surface area contributed by atoms with Crippen molar-refractivity contribution in [1.29, 1.82) is 0 Å². The van der Waals surface area contributed by atoms with Gasteiger partial charge in [-0.25, -0.2) is 5.10 Å². The van der Waals surface area contributed by atoms with E-state index in [1.54, 1.807) is 18.5 Å². The number of allylic oxidation sites excluding steroid dienone is 1. The van der Waals surface area contributed by atoms with Gasteiger partial charge in [0, 0.05) is 12.4 Å². The average molecular weight is 238 g/mol. The highest BCUT2D eigenvalue weighted by atomic mass is 32.1. The third-order valence-corrected chi connectivity index (χ3v) is 1.52. The molecule has 0 radical (unpaired) electrons. The molecule has 0 aromatic carbocycles. The first kappa shape index (κ1) is 14.2. The zero-order valence-corrected chi connectivity index (χ0v) is 9.83. The molecule has 2 heterocycles. The van der Waals surface area contributed by atoms with Crippen LogP contribution in [0.25, 0.3) is 11.5 Å². The molecule has 16 heavy (non-hydrogen) atoms. The predicted molar refractivity (Wildman–Crippen MR) is 65.8 cm³/mol. The molecule has 2 aromatic heterocycles. The van der Waals surface area contributed by atoms with E-state index < -0.39 is 0 Å². The fraction of sp³-hybridized carbons (Fsp3) is 0.100. The number of pyridine rings is 1. The Kier molecular flexibility index (Phi) is 6.66. The van der Waals surface area contributed by atoms with Crippen molar-refractivity contribution in [1.82, 2.24) is 21.3 Å². The molecule has 0 unspecified atom stereocenters. The highest BCUT2D eigenvalue weighted by molar-refractivity contribution is 7.71. The molecule has 0 aliphatic carbocycles. The Hall–Kier alpha value is -1.79. The summed E-state index contributed by atoms with van der Waals surface area (Å²) in [6.07, 6.45) is 5.10. The number of hydrogen-bond acceptors (Lipinski definition) is 5. The van der Waals surface area contributed by atoms with E-state index in [2.05, 4.69) is 21.8 Å². The van der Waals surface area contributed by atoms with Crippen LogP contribution in [0, 0.1) is 4.84 Å². The van der Waals surface area contributed by atoms with Gasteiger partial charge < -0.3 is 10.6 Å². The summed E-state index contributed by atoms with van der Waals surface area (Å²) >= 11 is 4.73. The first-order chi connectivity index (χ1) is 7.27. The summed E-state index contributed by atoms with van der Waals surface area (Å²) in [5.41, 5.74) is 0.810. The lowest BCUT2D eigenvalue weighted by atomic mass is 10.3. The third-order valence-electron chi connectivity index (χ3n) is 1.35. The molecule has 6 heteroatoms. The van der Waals surface area contributed by atoms with Crippen LogP contribution in [-0.2, 0) is 0 Å². The number of hydrogen-bond donors (Lipinski definition) is 2. The summed E-state index contributed by atoms with van der Waals surface area (Å²) in [5, 5.41) is 6.39. The maximum absolute atomic E-state index is 5.08. The second kappa shape index (κ2) is 7.49. The van der Waals surface area contributed by atoms with Crippen molar-refractivity contribution < 1.29 is 4.42 Å². The molecule has 2 rings (SSSR count). The van der Waals surface area contributed by atoms with Gasteiger partial charge in [-0.3, -0.25) is 4.98 Å². The van der Waals surface area contributed by atoms with Crippen molar-refractivity contribution in [3.63, 3.8) is 0 Å². The highest BCUT2D eigenvalue weighted by Gasteiger charge is 2.01. The molecular formula is C10H14N4OS. The van der Waals surface area contributed by atoms with E-state index in [-0.39, 0.29) is 11.0 Å². The van der Waals surface area contributed by atoms with Gasteiger partial charge in [0.2, 0.25) is 5.89 Å². The quantitative estimate of drug-likeness (QED) is 0.588. The first-order valence-corrected chi connectivity index (χ1v) is 4.71. The van der Waals surface area contributed by atoms with Crippen molar-refractivity contribution in [2.24, 2.45) is 0 Å². The Labute approximate surface area is 98.8 Å². The van der Waals surface area contributed by atoms with Crippen molar-refractivity contribution >= 4 is 12.2 Å². The number of H-pyrrole nitrogens is 1. The fourth-order valence-corrected chi connectivity index (χ4v) is 0.967. The van der Waals surface area contributed by atoms with Crippen LogP contribution in [0.15, 0.2) is 41.6 Å². The van der Waals surface area contributed by atoms with Gasteiger partial charge in [-0.15, -0.1) is 11.7 Å². The normalized spacial score (nSPS) is 8.31. The van der Waals surface area contributed by atoms with Crippen LogP contribution in [-0.4, -0.2) is 15.2 Å². The Bertz CT molecular complexity index is 463. The van der Waals surface area contributed by atoms with Crippen LogP contribution in [0.3, 0.4) is 0 Å². The summed E-state index contributed by atoms with van der Waals surface area (Å²) < 4.78 is 5.08. The van der Waals surface area contributed by atoms with Crippen LogP contribution in [0.1, 0.15) is 6.92 Å². The van der Waals surface area contributed by atoms with Gasteiger partial charge in [0.05, 0.1) is 5.56 Å². The molecule has 0 aliphatic heterocycles. The van der Waals surface area contributed by atoms with E-state index in [0.717, 1.165) is 5.56 Å². The summed E-state index contributed by atoms with van der Waals surface area (Å²) in [4.78, 5) is 4.19. The maximum Gasteiger partial charge on any atom is 0.284 e. The van der Waals surface area contributed by atoms with Gasteiger partial charge in [-0.05, 0) is 31.3 Å². The number of aromatic nitrogens is 3. The van der Waals surface area contributed by atoms with Crippen molar-refractivity contribution in [2.75, 3.05) is 0 Å². The Balaban J connectivity index is 0.000000511. The molecule has 0 aliphatic rings. The second-order valence-corrected chi connectivity index (χ2v) is 2.94. The zero-order valence-electron chi connectivity index (χ0n) is 9.01. The number of rotatable bonds is 1. The lowest BCUT2D eigenvalue weighted by Gasteiger charge is -1.89. The van der Waals surface area contributed by atoms with Crippen LogP contribution in [0.4, 0.5) is 0 Å². The second-order valence-electron chi connectivity index (χ2n) is 2.57. The molecule has 2 aromatic rings. The fourth-order valence-electron chi connectivity index (χ4n) is 0.843. The zero-order chi connectivity index (χ0) is 11.1. The Morgan fingerprint density at radius 1 is 1.56 bits per heavy atom. The van der Waals surface area contributed by atoms with Gasteiger partial charge in [0.15, 0.2) is 0 Å². The third kappa shape index (κ3) is 4.16. The first-order valence-electron chi connectivity index (χ1n) is 4.31. The van der Waals surface area contributed by atoms with E-state index in [0.29, 0.717) is 5.89 Å². The average Bonchev–Trinajstić information content (AvgIpc) is 2.67. The molecule has 86 valence electrons. The van der Waals surface area contributed by atoms with E-state index >= 15 is 0 Å². The minimum Gasteiger partial charge on any atom is -0.409 e. The molecule has 5 nitrogen and oxygen atoms in total. The molecular weight excluding hydrogens is 224 g/mol. The predicted octanol–water partition coefficient (Wildman–Crippen LogP) is 3.15. The molecule has 0 saturated carbocycles. The van der Waals surface area contributed by atoms with E-state index in [1.165, 1.54) is 0 Å². The van der Waals surface area contributed by atoms with Crippen molar-refractivity contribution in [3.05, 3.63) is 42.0 Å². The van der Waals surface area contributed by atoms with Gasteiger partial charge >= 0.3 is 0 Å². The summed E-state index contributed by atoms with van der Waals surface area (Å²) in [6, 6.07) is 3.66. The van der Waals surface area contributed by atoms with E-state index in [1.807, 2.05) is 19.1 Å². The van der Waals surface area contributed by atoms with Gasteiger partial charge in [-0.1, -0.05) is 6.08 Å². The van der Waals surface area contributed by atoms with Crippen molar-refractivity contribution in [2.45, 2.75) is 6.92 Å². The molecule has 4 N–H and O–H groups in total. The number of nitrogens with one attached hydrogen (secondary N) is 1. The summed E-state index contributed by atoms with van der Waals surface area (Å²) in [5.74, 6) is 0.466. The standard InChI is InChI=1S/C7H5N3OS.C3H6.H3N/c12-7-10-9-6(11-7)5-2-1-3-8-4-5;1-3-2;/h1-4H,(H,10,12);3H,1H2,2H3;1H3. The minimum atomic E-state index is 0. The van der Waals surface area contributed by atoms with Crippen molar-refractivity contribution in [3.8, 4) is 11.5 Å². The van der Waals surface area contributed by atoms with E-state index in [9.17, 15) is 0 Å². The maximum atomic E-state index is 5.08. The highest BCUT2D eigenvalue weighted by Crippen LogP contribution is 2.13. The molecule has 0 atom stereocenters. The smallest absolute Gasteiger partial charge is 0.284 e. The van der Waals surface area contributed by atoms with Crippen LogP contribution < -0.4 is 6.15 Å². The SMILES string of the molecule is C=CC.N.S=c1[nH]nc(-c2cccnc2)o1. The van der Waals surface area contributed by atoms with Crippen LogP contribution >= 0.6 is 12.2 Å². The van der Waals surface area contributed by atoms with Gasteiger partial charge in [-0.2, -0.15) is 0 Å². The minimum absolute atomic E-state index is 0. The largest absolute Gasteiger partial charge is 0.409 e. The molecule has 0 saturated heterocycles. The summed E-state index contributed by atoms with van der Waals surface area (Å²) in [7, 11) is 0. The van der Waals surface area contributed by atoms with Crippen LogP contribution in [0.5, 0.6) is 0 Å². The molecule has 0 amide bonds. The Morgan fingerprint density at radius 3 is 2.69 bits per heavy atom. The topological polar surface area (TPSA) is 89.7 Å². The molecule has 0 fully saturated rings. The van der Waals surface area contributed by atoms with E-state index in [4.69, 9.17) is 16.6 Å².